The van der Waals surface area contributed by atoms with Gasteiger partial charge in [0.15, 0.2) is 0 Å². The molecule has 1 fully saturated rings. The molecule has 1 amide bonds. The first-order valence-electron chi connectivity index (χ1n) is 6.99. The molecule has 1 N–H and O–H groups in total. The molecule has 0 aromatic heterocycles. The van der Waals surface area contributed by atoms with E-state index < -0.39 is 0 Å². The number of amides is 1. The van der Waals surface area contributed by atoms with Crippen LogP contribution >= 0.6 is 0 Å². The molecular weight excluding hydrogens is 236 g/mol. The van der Waals surface area contributed by atoms with Crippen molar-refractivity contribution >= 4 is 11.6 Å². The SMILES string of the molecule is Cc1cccc(N(C)C(=O)C2NCCCC2(C)C)c1. The number of anilines is 1. The maximum absolute atomic E-state index is 12.7. The second-order valence-corrected chi connectivity index (χ2v) is 6.22. The Balaban J connectivity index is 2.19. The minimum Gasteiger partial charge on any atom is -0.314 e. The number of aryl methyl sites for hydroxylation is 1. The first kappa shape index (κ1) is 14.1. The van der Waals surface area contributed by atoms with Crippen molar-refractivity contribution in [2.24, 2.45) is 5.41 Å². The van der Waals surface area contributed by atoms with Crippen LogP contribution in [0.3, 0.4) is 0 Å². The standard InChI is InChI=1S/C16H24N2O/c1-12-7-5-8-13(11-12)18(4)15(19)14-16(2,3)9-6-10-17-14/h5,7-8,11,14,17H,6,9-10H2,1-4H3. The van der Waals surface area contributed by atoms with Crippen molar-refractivity contribution in [2.75, 3.05) is 18.5 Å². The van der Waals surface area contributed by atoms with Gasteiger partial charge in [-0.15, -0.1) is 0 Å². The van der Waals surface area contributed by atoms with E-state index in [2.05, 4.69) is 19.2 Å². The van der Waals surface area contributed by atoms with Crippen molar-refractivity contribution in [3.05, 3.63) is 29.8 Å². The van der Waals surface area contributed by atoms with Crippen LogP contribution < -0.4 is 10.2 Å². The lowest BCUT2D eigenvalue weighted by Gasteiger charge is -2.40. The zero-order valence-electron chi connectivity index (χ0n) is 12.4. The summed E-state index contributed by atoms with van der Waals surface area (Å²) in [6.45, 7) is 7.32. The van der Waals surface area contributed by atoms with Crippen LogP contribution in [-0.4, -0.2) is 25.5 Å². The molecule has 0 bridgehead atoms. The molecule has 0 aliphatic carbocycles. The summed E-state index contributed by atoms with van der Waals surface area (Å²) in [5, 5.41) is 3.38. The van der Waals surface area contributed by atoms with E-state index in [4.69, 9.17) is 0 Å². The van der Waals surface area contributed by atoms with Crippen molar-refractivity contribution in [3.63, 3.8) is 0 Å². The number of hydrogen-bond donors (Lipinski definition) is 1. The molecule has 1 unspecified atom stereocenters. The lowest BCUT2D eigenvalue weighted by molar-refractivity contribution is -0.123. The molecule has 3 heteroatoms. The molecule has 2 rings (SSSR count). The fourth-order valence-electron chi connectivity index (χ4n) is 2.79. The number of nitrogens with zero attached hydrogens (tertiary/aromatic N) is 1. The van der Waals surface area contributed by atoms with E-state index >= 15 is 0 Å². The van der Waals surface area contributed by atoms with E-state index in [-0.39, 0.29) is 17.4 Å². The highest BCUT2D eigenvalue weighted by Crippen LogP contribution is 2.31. The third kappa shape index (κ3) is 2.98. The number of rotatable bonds is 2. The number of nitrogens with one attached hydrogen (secondary N) is 1. The molecule has 1 aliphatic heterocycles. The third-order valence-corrected chi connectivity index (χ3v) is 4.09. The second-order valence-electron chi connectivity index (χ2n) is 6.22. The Morgan fingerprint density at radius 3 is 2.79 bits per heavy atom. The van der Waals surface area contributed by atoms with E-state index in [9.17, 15) is 4.79 Å². The molecule has 1 aromatic rings. The van der Waals surface area contributed by atoms with Crippen LogP contribution in [0.25, 0.3) is 0 Å². The van der Waals surface area contributed by atoms with Crippen molar-refractivity contribution in [1.82, 2.24) is 5.32 Å². The largest absolute Gasteiger partial charge is 0.314 e. The molecule has 1 atom stereocenters. The van der Waals surface area contributed by atoms with Gasteiger partial charge in [0.25, 0.3) is 0 Å². The predicted molar refractivity (Wildman–Crippen MR) is 79.4 cm³/mol. The molecule has 0 saturated carbocycles. The van der Waals surface area contributed by atoms with Crippen molar-refractivity contribution in [3.8, 4) is 0 Å². The van der Waals surface area contributed by atoms with E-state index in [1.165, 1.54) is 5.56 Å². The zero-order chi connectivity index (χ0) is 14.0. The number of carbonyl (C=O) groups is 1. The Labute approximate surface area is 116 Å². The average molecular weight is 260 g/mol. The van der Waals surface area contributed by atoms with Gasteiger partial charge in [0.05, 0.1) is 6.04 Å². The molecule has 0 spiro atoms. The van der Waals surface area contributed by atoms with Gasteiger partial charge < -0.3 is 10.2 Å². The van der Waals surface area contributed by atoms with Gasteiger partial charge in [-0.2, -0.15) is 0 Å². The maximum Gasteiger partial charge on any atom is 0.244 e. The summed E-state index contributed by atoms with van der Waals surface area (Å²) in [5.74, 6) is 0.162. The third-order valence-electron chi connectivity index (χ3n) is 4.09. The zero-order valence-corrected chi connectivity index (χ0v) is 12.4. The molecule has 3 nitrogen and oxygen atoms in total. The van der Waals surface area contributed by atoms with Crippen LogP contribution in [0.15, 0.2) is 24.3 Å². The Bertz CT molecular complexity index is 468. The monoisotopic (exact) mass is 260 g/mol. The summed E-state index contributed by atoms with van der Waals surface area (Å²) < 4.78 is 0. The van der Waals surface area contributed by atoms with Crippen LogP contribution in [-0.2, 0) is 4.79 Å². The van der Waals surface area contributed by atoms with Crippen LogP contribution in [0.4, 0.5) is 5.69 Å². The molecule has 1 aromatic carbocycles. The summed E-state index contributed by atoms with van der Waals surface area (Å²) in [6, 6.07) is 7.99. The lowest BCUT2D eigenvalue weighted by atomic mass is 9.77. The smallest absolute Gasteiger partial charge is 0.244 e. The van der Waals surface area contributed by atoms with Crippen LogP contribution in [0.1, 0.15) is 32.3 Å². The number of benzene rings is 1. The number of carbonyl (C=O) groups excluding carboxylic acids is 1. The summed E-state index contributed by atoms with van der Waals surface area (Å²) in [4.78, 5) is 14.5. The first-order valence-corrected chi connectivity index (χ1v) is 6.99. The van der Waals surface area contributed by atoms with Gasteiger partial charge in [0, 0.05) is 12.7 Å². The summed E-state index contributed by atoms with van der Waals surface area (Å²) >= 11 is 0. The van der Waals surface area contributed by atoms with Gasteiger partial charge >= 0.3 is 0 Å². The second kappa shape index (κ2) is 5.33. The quantitative estimate of drug-likeness (QED) is 0.886. The highest BCUT2D eigenvalue weighted by atomic mass is 16.2. The first-order chi connectivity index (χ1) is 8.92. The molecule has 1 aliphatic rings. The summed E-state index contributed by atoms with van der Waals surface area (Å²) in [7, 11) is 1.86. The molecule has 1 saturated heterocycles. The fourth-order valence-corrected chi connectivity index (χ4v) is 2.79. The highest BCUT2D eigenvalue weighted by Gasteiger charge is 2.38. The minimum absolute atomic E-state index is 0.0212. The van der Waals surface area contributed by atoms with Gasteiger partial charge in [-0.05, 0) is 49.4 Å². The Morgan fingerprint density at radius 2 is 2.16 bits per heavy atom. The van der Waals surface area contributed by atoms with Gasteiger partial charge in [0.1, 0.15) is 0 Å². The minimum atomic E-state index is -0.0910. The van der Waals surface area contributed by atoms with Crippen molar-refractivity contribution in [1.29, 1.82) is 0 Å². The van der Waals surface area contributed by atoms with E-state index in [0.717, 1.165) is 25.1 Å². The van der Waals surface area contributed by atoms with Crippen molar-refractivity contribution < 1.29 is 4.79 Å². The van der Waals surface area contributed by atoms with E-state index in [1.54, 1.807) is 4.90 Å². The molecule has 104 valence electrons. The Hall–Kier alpha value is -1.35. The summed E-state index contributed by atoms with van der Waals surface area (Å²) in [5.41, 5.74) is 2.16. The van der Waals surface area contributed by atoms with Crippen LogP contribution in [0, 0.1) is 12.3 Å². The molecule has 0 radical (unpaired) electrons. The lowest BCUT2D eigenvalue weighted by Crippen LogP contribution is -2.56. The number of piperidine rings is 1. The summed E-state index contributed by atoms with van der Waals surface area (Å²) in [6.07, 6.45) is 2.24. The fraction of sp³-hybridized carbons (Fsp3) is 0.562. The van der Waals surface area contributed by atoms with Gasteiger partial charge in [0.2, 0.25) is 5.91 Å². The Kier molecular flexibility index (Phi) is 3.95. The van der Waals surface area contributed by atoms with Crippen molar-refractivity contribution in [2.45, 2.75) is 39.7 Å². The molecule has 1 heterocycles. The number of likely N-dealkylation sites (N-methyl/N-ethyl adjacent to an activating group) is 1. The van der Waals surface area contributed by atoms with Gasteiger partial charge in [-0.1, -0.05) is 26.0 Å². The van der Waals surface area contributed by atoms with E-state index in [1.807, 2.05) is 38.2 Å². The Morgan fingerprint density at radius 1 is 1.42 bits per heavy atom. The predicted octanol–water partition coefficient (Wildman–Crippen LogP) is 2.74. The average Bonchev–Trinajstić information content (AvgIpc) is 2.36. The topological polar surface area (TPSA) is 32.3 Å². The molecule has 19 heavy (non-hydrogen) atoms. The molecular formula is C16H24N2O. The van der Waals surface area contributed by atoms with Crippen LogP contribution in [0.2, 0.25) is 0 Å². The van der Waals surface area contributed by atoms with Crippen LogP contribution in [0.5, 0.6) is 0 Å². The number of hydrogen-bond acceptors (Lipinski definition) is 2. The van der Waals surface area contributed by atoms with E-state index in [0.29, 0.717) is 0 Å². The maximum atomic E-state index is 12.7. The van der Waals surface area contributed by atoms with Gasteiger partial charge in [-0.3, -0.25) is 4.79 Å². The normalized spacial score (nSPS) is 22.0. The highest BCUT2D eigenvalue weighted by molar-refractivity contribution is 5.97. The van der Waals surface area contributed by atoms with Gasteiger partial charge in [-0.25, -0.2) is 0 Å².